The average Bonchev–Trinajstić information content (AvgIpc) is 2.30. The Hall–Kier alpha value is -0.590. The van der Waals surface area contributed by atoms with E-state index < -0.39 is 0 Å². The number of hydrogen-bond donors (Lipinski definition) is 1. The van der Waals surface area contributed by atoms with E-state index in [9.17, 15) is 0 Å². The molecule has 3 heteroatoms. The van der Waals surface area contributed by atoms with Crippen molar-refractivity contribution in [1.29, 1.82) is 5.26 Å². The zero-order chi connectivity index (χ0) is 11.1. The van der Waals surface area contributed by atoms with Crippen LogP contribution in [0.4, 0.5) is 0 Å². The summed E-state index contributed by atoms with van der Waals surface area (Å²) in [6.07, 6.45) is 4.30. The van der Waals surface area contributed by atoms with Gasteiger partial charge in [-0.05, 0) is 32.4 Å². The molecule has 0 bridgehead atoms. The molecule has 1 saturated heterocycles. The van der Waals surface area contributed by atoms with Crippen LogP contribution in [0, 0.1) is 11.3 Å². The average molecular weight is 209 g/mol. The van der Waals surface area contributed by atoms with Crippen molar-refractivity contribution < 1.29 is 0 Å². The fourth-order valence-electron chi connectivity index (χ4n) is 2.53. The molecule has 3 nitrogen and oxygen atoms in total. The van der Waals surface area contributed by atoms with Crippen molar-refractivity contribution in [2.45, 2.75) is 51.6 Å². The third-order valence-electron chi connectivity index (χ3n) is 3.37. The lowest BCUT2D eigenvalue weighted by Gasteiger charge is -2.38. The molecule has 0 radical (unpaired) electrons. The fraction of sp³-hybridized carbons (Fsp3) is 0.917. The van der Waals surface area contributed by atoms with Crippen molar-refractivity contribution in [2.24, 2.45) is 0 Å². The monoisotopic (exact) mass is 209 g/mol. The standard InChI is InChI=1S/C12H23N3/c1-3-11(7-8-13)15(4-2)12-6-5-9-14-10-12/h11-12,14H,3-7,9-10H2,1-2H3. The van der Waals surface area contributed by atoms with E-state index in [1.165, 1.54) is 12.8 Å². The minimum absolute atomic E-state index is 0.449. The van der Waals surface area contributed by atoms with Crippen LogP contribution in [0.15, 0.2) is 0 Å². The molecule has 1 fully saturated rings. The van der Waals surface area contributed by atoms with Crippen LogP contribution in [0.25, 0.3) is 0 Å². The molecule has 1 aliphatic rings. The summed E-state index contributed by atoms with van der Waals surface area (Å²) in [7, 11) is 0. The van der Waals surface area contributed by atoms with Gasteiger partial charge in [0.2, 0.25) is 0 Å². The minimum Gasteiger partial charge on any atom is -0.315 e. The van der Waals surface area contributed by atoms with Crippen molar-refractivity contribution in [3.63, 3.8) is 0 Å². The lowest BCUT2D eigenvalue weighted by atomic mass is 10.0. The van der Waals surface area contributed by atoms with Gasteiger partial charge in [-0.1, -0.05) is 13.8 Å². The van der Waals surface area contributed by atoms with E-state index in [0.29, 0.717) is 18.5 Å². The highest BCUT2D eigenvalue weighted by Crippen LogP contribution is 2.17. The Morgan fingerprint density at radius 3 is 2.80 bits per heavy atom. The summed E-state index contributed by atoms with van der Waals surface area (Å²) in [4.78, 5) is 2.51. The number of nitriles is 1. The normalized spacial score (nSPS) is 23.7. The predicted molar refractivity (Wildman–Crippen MR) is 62.6 cm³/mol. The number of rotatable bonds is 5. The molecule has 0 spiro atoms. The molecule has 0 aliphatic carbocycles. The molecule has 1 aliphatic heterocycles. The maximum Gasteiger partial charge on any atom is 0.0638 e. The van der Waals surface area contributed by atoms with Crippen LogP contribution in [0.1, 0.15) is 39.5 Å². The first-order chi connectivity index (χ1) is 7.33. The Kier molecular flexibility index (Phi) is 5.67. The second-order valence-corrected chi connectivity index (χ2v) is 4.25. The van der Waals surface area contributed by atoms with Crippen molar-refractivity contribution in [3.8, 4) is 6.07 Å². The van der Waals surface area contributed by atoms with E-state index in [0.717, 1.165) is 26.1 Å². The number of nitrogens with zero attached hydrogens (tertiary/aromatic N) is 2. The van der Waals surface area contributed by atoms with E-state index in [-0.39, 0.29) is 0 Å². The fourth-order valence-corrected chi connectivity index (χ4v) is 2.53. The van der Waals surface area contributed by atoms with Crippen molar-refractivity contribution in [1.82, 2.24) is 10.2 Å². The van der Waals surface area contributed by atoms with E-state index in [2.05, 4.69) is 30.1 Å². The van der Waals surface area contributed by atoms with Crippen molar-refractivity contribution in [2.75, 3.05) is 19.6 Å². The number of nitrogens with one attached hydrogen (secondary N) is 1. The SMILES string of the molecule is CCC(CC#N)N(CC)C1CCCNC1. The summed E-state index contributed by atoms with van der Waals surface area (Å²) in [5, 5.41) is 12.3. The maximum absolute atomic E-state index is 8.82. The topological polar surface area (TPSA) is 39.1 Å². The molecule has 0 aromatic carbocycles. The van der Waals surface area contributed by atoms with Gasteiger partial charge in [0.1, 0.15) is 0 Å². The van der Waals surface area contributed by atoms with Gasteiger partial charge in [0, 0.05) is 18.6 Å². The number of piperidine rings is 1. The zero-order valence-electron chi connectivity index (χ0n) is 10.00. The Morgan fingerprint density at radius 2 is 2.33 bits per heavy atom. The third kappa shape index (κ3) is 3.48. The van der Waals surface area contributed by atoms with Gasteiger partial charge >= 0.3 is 0 Å². The second-order valence-electron chi connectivity index (χ2n) is 4.25. The van der Waals surface area contributed by atoms with Crippen LogP contribution in [0.3, 0.4) is 0 Å². The maximum atomic E-state index is 8.82. The molecule has 0 saturated carbocycles. The largest absolute Gasteiger partial charge is 0.315 e. The first-order valence-electron chi connectivity index (χ1n) is 6.16. The molecule has 0 aromatic heterocycles. The van der Waals surface area contributed by atoms with Crippen LogP contribution in [-0.4, -0.2) is 36.6 Å². The molecule has 2 atom stereocenters. The Labute approximate surface area is 93.5 Å². The summed E-state index contributed by atoms with van der Waals surface area (Å²) in [5.41, 5.74) is 0. The van der Waals surface area contributed by atoms with Crippen LogP contribution >= 0.6 is 0 Å². The van der Waals surface area contributed by atoms with Gasteiger partial charge in [0.05, 0.1) is 12.5 Å². The highest BCUT2D eigenvalue weighted by atomic mass is 15.2. The van der Waals surface area contributed by atoms with Gasteiger partial charge in [-0.25, -0.2) is 0 Å². The molecule has 0 aromatic rings. The van der Waals surface area contributed by atoms with Crippen LogP contribution in [0.2, 0.25) is 0 Å². The van der Waals surface area contributed by atoms with Crippen molar-refractivity contribution in [3.05, 3.63) is 0 Å². The highest BCUT2D eigenvalue weighted by molar-refractivity contribution is 4.87. The molecular formula is C12H23N3. The first kappa shape index (κ1) is 12.5. The van der Waals surface area contributed by atoms with Gasteiger partial charge in [-0.2, -0.15) is 5.26 Å². The molecule has 1 rings (SSSR count). The molecular weight excluding hydrogens is 186 g/mol. The lowest BCUT2D eigenvalue weighted by molar-refractivity contribution is 0.117. The smallest absolute Gasteiger partial charge is 0.0638 e. The highest BCUT2D eigenvalue weighted by Gasteiger charge is 2.24. The van der Waals surface area contributed by atoms with E-state index in [4.69, 9.17) is 5.26 Å². The third-order valence-corrected chi connectivity index (χ3v) is 3.37. The summed E-state index contributed by atoms with van der Waals surface area (Å²) >= 11 is 0. The van der Waals surface area contributed by atoms with Crippen LogP contribution in [0.5, 0.6) is 0 Å². The van der Waals surface area contributed by atoms with Gasteiger partial charge in [0.25, 0.3) is 0 Å². The molecule has 1 heterocycles. The van der Waals surface area contributed by atoms with Gasteiger partial charge < -0.3 is 5.32 Å². The molecule has 2 unspecified atom stereocenters. The molecule has 0 amide bonds. The van der Waals surface area contributed by atoms with Gasteiger partial charge in [-0.3, -0.25) is 4.90 Å². The Morgan fingerprint density at radius 1 is 1.53 bits per heavy atom. The molecule has 1 N–H and O–H groups in total. The summed E-state index contributed by atoms with van der Waals surface area (Å²) in [5.74, 6) is 0. The van der Waals surface area contributed by atoms with Crippen molar-refractivity contribution >= 4 is 0 Å². The summed E-state index contributed by atoms with van der Waals surface area (Å²) < 4.78 is 0. The van der Waals surface area contributed by atoms with E-state index >= 15 is 0 Å². The predicted octanol–water partition coefficient (Wildman–Crippen LogP) is 1.75. The van der Waals surface area contributed by atoms with Crippen LogP contribution in [-0.2, 0) is 0 Å². The zero-order valence-corrected chi connectivity index (χ0v) is 10.00. The van der Waals surface area contributed by atoms with E-state index in [1.54, 1.807) is 0 Å². The van der Waals surface area contributed by atoms with Gasteiger partial charge in [-0.15, -0.1) is 0 Å². The number of likely N-dealkylation sites (N-methyl/N-ethyl adjacent to an activating group) is 1. The summed E-state index contributed by atoms with van der Waals surface area (Å²) in [6.45, 7) is 7.70. The number of hydrogen-bond acceptors (Lipinski definition) is 3. The quantitative estimate of drug-likeness (QED) is 0.750. The Balaban J connectivity index is 2.54. The van der Waals surface area contributed by atoms with Gasteiger partial charge in [0.15, 0.2) is 0 Å². The molecule has 86 valence electrons. The second kappa shape index (κ2) is 6.81. The Bertz CT molecular complexity index is 203. The van der Waals surface area contributed by atoms with Crippen LogP contribution < -0.4 is 5.32 Å². The first-order valence-corrected chi connectivity index (χ1v) is 6.16. The lowest BCUT2D eigenvalue weighted by Crippen LogP contribution is -2.50. The molecule has 15 heavy (non-hydrogen) atoms. The summed E-state index contributed by atoms with van der Waals surface area (Å²) in [6, 6.07) is 3.40. The minimum atomic E-state index is 0.449. The van der Waals surface area contributed by atoms with E-state index in [1.807, 2.05) is 0 Å².